The first-order chi connectivity index (χ1) is 14.4. The Morgan fingerprint density at radius 2 is 1.93 bits per heavy atom. The lowest BCUT2D eigenvalue weighted by atomic mass is 10.1. The van der Waals surface area contributed by atoms with E-state index in [1.54, 1.807) is 47.5 Å². The van der Waals surface area contributed by atoms with Crippen molar-refractivity contribution in [3.05, 3.63) is 60.8 Å². The van der Waals surface area contributed by atoms with Gasteiger partial charge in [-0.1, -0.05) is 0 Å². The van der Waals surface area contributed by atoms with E-state index in [1.165, 1.54) is 18.3 Å². The summed E-state index contributed by atoms with van der Waals surface area (Å²) in [4.78, 5) is 17.4. The molecule has 30 heavy (non-hydrogen) atoms. The molecule has 3 heterocycles. The van der Waals surface area contributed by atoms with Crippen LogP contribution in [0.3, 0.4) is 0 Å². The summed E-state index contributed by atoms with van der Waals surface area (Å²) < 4.78 is 28.4. The van der Waals surface area contributed by atoms with E-state index in [0.29, 0.717) is 22.7 Å². The van der Waals surface area contributed by atoms with Gasteiger partial charge in [-0.2, -0.15) is 18.8 Å². The minimum absolute atomic E-state index is 0.0388. The molecule has 12 heteroatoms. The maximum absolute atomic E-state index is 11.1. The van der Waals surface area contributed by atoms with Crippen molar-refractivity contribution in [3.63, 3.8) is 0 Å². The zero-order valence-electron chi connectivity index (χ0n) is 15.5. The normalized spacial score (nSPS) is 11.2. The SMILES string of the molecule is CN(c1cnc(C#N)c(-c2ccc(OS(N)(=O)=O)cc2)n1)n1cnc2cccnc21. The number of nitrogens with zero attached hydrogens (tertiary/aromatic N) is 7. The number of imidazole rings is 1. The molecule has 3 aromatic heterocycles. The third kappa shape index (κ3) is 3.75. The highest BCUT2D eigenvalue weighted by atomic mass is 32.2. The van der Waals surface area contributed by atoms with Gasteiger partial charge in [0, 0.05) is 18.8 Å². The van der Waals surface area contributed by atoms with E-state index in [1.807, 2.05) is 12.1 Å². The summed E-state index contributed by atoms with van der Waals surface area (Å²) in [5.74, 6) is 0.482. The summed E-state index contributed by atoms with van der Waals surface area (Å²) in [6.45, 7) is 0. The quantitative estimate of drug-likeness (QED) is 0.500. The molecule has 11 nitrogen and oxygen atoms in total. The van der Waals surface area contributed by atoms with Gasteiger partial charge in [0.2, 0.25) is 0 Å². The molecule has 4 aromatic rings. The largest absolute Gasteiger partial charge is 0.380 e. The zero-order valence-corrected chi connectivity index (χ0v) is 16.4. The Kier molecular flexibility index (Phi) is 4.74. The summed E-state index contributed by atoms with van der Waals surface area (Å²) in [7, 11) is -2.37. The first-order valence-corrected chi connectivity index (χ1v) is 9.95. The second-order valence-corrected chi connectivity index (χ2v) is 7.25. The standard InChI is InChI=1S/C18H14N8O3S/c1-25(26-11-23-14-3-2-8-21-18(14)26)16-10-22-15(9-19)17(24-16)12-4-6-13(7-5-12)29-30(20,27)28/h2-8,10-11H,1H3,(H2,20,27,28). The minimum atomic E-state index is -4.13. The molecule has 0 aliphatic carbocycles. The van der Waals surface area contributed by atoms with Gasteiger partial charge in [-0.05, 0) is 36.4 Å². The summed E-state index contributed by atoms with van der Waals surface area (Å²) in [5, 5.41) is 16.0. The third-order valence-corrected chi connectivity index (χ3v) is 4.57. The van der Waals surface area contributed by atoms with E-state index in [4.69, 9.17) is 5.14 Å². The number of hydrogen-bond donors (Lipinski definition) is 1. The lowest BCUT2D eigenvalue weighted by Gasteiger charge is -2.20. The van der Waals surface area contributed by atoms with Crippen molar-refractivity contribution in [3.8, 4) is 23.1 Å². The monoisotopic (exact) mass is 422 g/mol. The van der Waals surface area contributed by atoms with Crippen LogP contribution in [0.5, 0.6) is 5.75 Å². The number of pyridine rings is 1. The Morgan fingerprint density at radius 3 is 2.63 bits per heavy atom. The van der Waals surface area contributed by atoms with E-state index in [2.05, 4.69) is 24.1 Å². The fourth-order valence-corrected chi connectivity index (χ4v) is 3.17. The van der Waals surface area contributed by atoms with Gasteiger partial charge in [0.25, 0.3) is 0 Å². The molecule has 0 fully saturated rings. The van der Waals surface area contributed by atoms with Crippen LogP contribution in [0.25, 0.3) is 22.4 Å². The molecule has 0 radical (unpaired) electrons. The first kappa shape index (κ1) is 19.2. The topological polar surface area (TPSA) is 153 Å². The number of fused-ring (bicyclic) bond motifs is 1. The van der Waals surface area contributed by atoms with Crippen molar-refractivity contribution in [2.24, 2.45) is 5.14 Å². The molecular formula is C18H14N8O3S. The van der Waals surface area contributed by atoms with Crippen LogP contribution in [0.1, 0.15) is 5.69 Å². The van der Waals surface area contributed by atoms with Crippen LogP contribution >= 0.6 is 0 Å². The first-order valence-electron chi connectivity index (χ1n) is 8.47. The van der Waals surface area contributed by atoms with Crippen LogP contribution in [-0.2, 0) is 10.3 Å². The van der Waals surface area contributed by atoms with Gasteiger partial charge < -0.3 is 4.18 Å². The Labute approximate surface area is 171 Å². The van der Waals surface area contributed by atoms with Gasteiger partial charge in [0.05, 0.1) is 6.20 Å². The molecule has 0 aliphatic rings. The van der Waals surface area contributed by atoms with Gasteiger partial charge in [-0.3, -0.25) is 5.01 Å². The van der Waals surface area contributed by atoms with Crippen LogP contribution in [0, 0.1) is 11.3 Å². The Balaban J connectivity index is 1.73. The number of anilines is 1. The van der Waals surface area contributed by atoms with Gasteiger partial charge in [-0.15, -0.1) is 0 Å². The smallest absolute Gasteiger partial charge is 0.371 e. The van der Waals surface area contributed by atoms with Crippen LogP contribution in [0.4, 0.5) is 5.82 Å². The molecule has 0 saturated carbocycles. The molecule has 1 aromatic carbocycles. The maximum Gasteiger partial charge on any atom is 0.380 e. The van der Waals surface area contributed by atoms with Crippen molar-refractivity contribution in [2.75, 3.05) is 12.1 Å². The molecule has 0 atom stereocenters. The molecule has 0 aliphatic heterocycles. The average molecular weight is 422 g/mol. The van der Waals surface area contributed by atoms with Crippen molar-refractivity contribution >= 4 is 27.3 Å². The molecule has 150 valence electrons. The van der Waals surface area contributed by atoms with Crippen molar-refractivity contribution in [2.45, 2.75) is 0 Å². The summed E-state index contributed by atoms with van der Waals surface area (Å²) >= 11 is 0. The highest BCUT2D eigenvalue weighted by Crippen LogP contribution is 2.26. The van der Waals surface area contributed by atoms with Crippen molar-refractivity contribution in [1.29, 1.82) is 5.26 Å². The van der Waals surface area contributed by atoms with E-state index in [9.17, 15) is 13.7 Å². The van der Waals surface area contributed by atoms with Gasteiger partial charge >= 0.3 is 10.3 Å². The number of benzene rings is 1. The molecule has 0 bridgehead atoms. The van der Waals surface area contributed by atoms with Crippen LogP contribution in [0.2, 0.25) is 0 Å². The molecule has 0 saturated heterocycles. The van der Waals surface area contributed by atoms with Crippen LogP contribution in [0.15, 0.2) is 55.1 Å². The van der Waals surface area contributed by atoms with Crippen molar-refractivity contribution in [1.82, 2.24) is 24.6 Å². The molecule has 4 rings (SSSR count). The lowest BCUT2D eigenvalue weighted by Crippen LogP contribution is -2.25. The third-order valence-electron chi connectivity index (χ3n) is 4.15. The van der Waals surface area contributed by atoms with Gasteiger partial charge in [0.1, 0.15) is 29.4 Å². The highest BCUT2D eigenvalue weighted by Gasteiger charge is 2.15. The molecule has 0 spiro atoms. The summed E-state index contributed by atoms with van der Waals surface area (Å²) in [6, 6.07) is 11.6. The molecule has 0 amide bonds. The Bertz CT molecular complexity index is 1380. The predicted molar refractivity (Wildman–Crippen MR) is 107 cm³/mol. The van der Waals surface area contributed by atoms with Gasteiger partial charge in [0.15, 0.2) is 17.2 Å². The predicted octanol–water partition coefficient (Wildman–Crippen LogP) is 1.24. The van der Waals surface area contributed by atoms with Crippen molar-refractivity contribution < 1.29 is 12.6 Å². The Morgan fingerprint density at radius 1 is 1.17 bits per heavy atom. The minimum Gasteiger partial charge on any atom is -0.371 e. The van der Waals surface area contributed by atoms with E-state index in [-0.39, 0.29) is 11.4 Å². The number of rotatable bonds is 5. The number of nitriles is 1. The fourth-order valence-electron chi connectivity index (χ4n) is 2.79. The lowest BCUT2D eigenvalue weighted by molar-refractivity contribution is 0.488. The zero-order chi connectivity index (χ0) is 21.3. The summed E-state index contributed by atoms with van der Waals surface area (Å²) in [6.07, 6.45) is 4.74. The molecule has 0 unspecified atom stereocenters. The van der Waals surface area contributed by atoms with E-state index < -0.39 is 10.3 Å². The number of hydrogen-bond acceptors (Lipinski definition) is 9. The summed E-state index contributed by atoms with van der Waals surface area (Å²) in [5.41, 5.74) is 2.33. The van der Waals surface area contributed by atoms with E-state index in [0.717, 1.165) is 5.52 Å². The van der Waals surface area contributed by atoms with E-state index >= 15 is 0 Å². The number of aromatic nitrogens is 5. The molecule has 2 N–H and O–H groups in total. The second kappa shape index (κ2) is 7.39. The maximum atomic E-state index is 11.1. The molecular weight excluding hydrogens is 408 g/mol. The fraction of sp³-hybridized carbons (Fsp3) is 0.0556. The van der Waals surface area contributed by atoms with Crippen LogP contribution in [-0.4, -0.2) is 40.1 Å². The average Bonchev–Trinajstić information content (AvgIpc) is 3.16. The highest BCUT2D eigenvalue weighted by molar-refractivity contribution is 7.84. The Hall–Kier alpha value is -4.08. The van der Waals surface area contributed by atoms with Gasteiger partial charge in [-0.25, -0.2) is 24.6 Å². The van der Waals surface area contributed by atoms with Crippen LogP contribution < -0.4 is 14.3 Å². The second-order valence-electron chi connectivity index (χ2n) is 6.10. The number of nitrogens with two attached hydrogens (primary N) is 1.